The van der Waals surface area contributed by atoms with E-state index in [0.29, 0.717) is 18.8 Å². The number of carbonyl (C=O) groups is 1. The van der Waals surface area contributed by atoms with E-state index in [1.54, 1.807) is 30.0 Å². The third-order valence-corrected chi connectivity index (χ3v) is 5.41. The highest BCUT2D eigenvalue weighted by Gasteiger charge is 2.28. The molecule has 3 aromatic rings. The maximum absolute atomic E-state index is 13.6. The Morgan fingerprint density at radius 1 is 1.10 bits per heavy atom. The molecule has 1 fully saturated rings. The standard InChI is InChI=1S/C24H27N3O4/c1-29-21-13-7-6-9-18(21)15-26(16-20-12-8-14-31-20)24(28)23-22(30-2)17-27(25-23)19-10-4-3-5-11-19/h3-7,9-11,13,17,20H,8,12,14-16H2,1-2H3. The SMILES string of the molecule is COc1ccccc1CN(CC1CCCO1)C(=O)c1nn(-c2ccccc2)cc1OC. The van der Waals surface area contributed by atoms with Crippen molar-refractivity contribution in [2.75, 3.05) is 27.4 Å². The van der Waals surface area contributed by atoms with Crippen molar-refractivity contribution in [3.8, 4) is 17.2 Å². The molecule has 1 amide bonds. The van der Waals surface area contributed by atoms with Crippen LogP contribution in [0.3, 0.4) is 0 Å². The number of para-hydroxylation sites is 2. The van der Waals surface area contributed by atoms with Gasteiger partial charge in [0.1, 0.15) is 5.75 Å². The summed E-state index contributed by atoms with van der Waals surface area (Å²) in [6.07, 6.45) is 3.69. The summed E-state index contributed by atoms with van der Waals surface area (Å²) >= 11 is 0. The van der Waals surface area contributed by atoms with Gasteiger partial charge in [-0.1, -0.05) is 36.4 Å². The monoisotopic (exact) mass is 421 g/mol. The summed E-state index contributed by atoms with van der Waals surface area (Å²) < 4.78 is 18.5. The molecule has 0 N–H and O–H groups in total. The smallest absolute Gasteiger partial charge is 0.278 e. The second kappa shape index (κ2) is 9.66. The fraction of sp³-hybridized carbons (Fsp3) is 0.333. The first-order valence-electron chi connectivity index (χ1n) is 10.4. The molecule has 0 bridgehead atoms. The van der Waals surface area contributed by atoms with Crippen molar-refractivity contribution >= 4 is 5.91 Å². The van der Waals surface area contributed by atoms with Crippen LogP contribution in [0.15, 0.2) is 60.8 Å². The average molecular weight is 421 g/mol. The van der Waals surface area contributed by atoms with Crippen LogP contribution in [-0.4, -0.2) is 54.1 Å². The number of ether oxygens (including phenoxy) is 3. The van der Waals surface area contributed by atoms with E-state index in [-0.39, 0.29) is 17.7 Å². The van der Waals surface area contributed by atoms with Crippen molar-refractivity contribution in [1.82, 2.24) is 14.7 Å². The summed E-state index contributed by atoms with van der Waals surface area (Å²) in [6, 6.07) is 17.4. The fourth-order valence-corrected chi connectivity index (χ4v) is 3.81. The van der Waals surface area contributed by atoms with Crippen LogP contribution in [-0.2, 0) is 11.3 Å². The Labute approximate surface area is 182 Å². The van der Waals surface area contributed by atoms with E-state index < -0.39 is 0 Å². The quantitative estimate of drug-likeness (QED) is 0.555. The van der Waals surface area contributed by atoms with E-state index in [1.807, 2.05) is 54.6 Å². The van der Waals surface area contributed by atoms with Crippen LogP contribution in [0.25, 0.3) is 5.69 Å². The maximum Gasteiger partial charge on any atom is 0.278 e. The lowest BCUT2D eigenvalue weighted by Gasteiger charge is -2.26. The summed E-state index contributed by atoms with van der Waals surface area (Å²) in [4.78, 5) is 15.4. The first-order chi connectivity index (χ1) is 15.2. The van der Waals surface area contributed by atoms with Crippen molar-refractivity contribution < 1.29 is 19.0 Å². The Hall–Kier alpha value is -3.32. The number of hydrogen-bond acceptors (Lipinski definition) is 5. The van der Waals surface area contributed by atoms with E-state index in [2.05, 4.69) is 5.10 Å². The maximum atomic E-state index is 13.6. The zero-order chi connectivity index (χ0) is 21.6. The van der Waals surface area contributed by atoms with E-state index in [4.69, 9.17) is 14.2 Å². The van der Waals surface area contributed by atoms with Gasteiger partial charge >= 0.3 is 0 Å². The highest BCUT2D eigenvalue weighted by Crippen LogP contribution is 2.26. The molecular weight excluding hydrogens is 394 g/mol. The van der Waals surface area contributed by atoms with Crippen LogP contribution in [0.1, 0.15) is 28.9 Å². The van der Waals surface area contributed by atoms with Gasteiger partial charge in [-0.2, -0.15) is 5.10 Å². The third-order valence-electron chi connectivity index (χ3n) is 5.41. The van der Waals surface area contributed by atoms with Gasteiger partial charge in [-0.3, -0.25) is 4.79 Å². The van der Waals surface area contributed by atoms with Crippen molar-refractivity contribution in [1.29, 1.82) is 0 Å². The van der Waals surface area contributed by atoms with Crippen molar-refractivity contribution in [2.24, 2.45) is 0 Å². The van der Waals surface area contributed by atoms with Gasteiger partial charge < -0.3 is 19.1 Å². The molecule has 2 heterocycles. The number of nitrogens with zero attached hydrogens (tertiary/aromatic N) is 3. The van der Waals surface area contributed by atoms with Crippen LogP contribution in [0.5, 0.6) is 11.5 Å². The van der Waals surface area contributed by atoms with E-state index >= 15 is 0 Å². The van der Waals surface area contributed by atoms with Crippen LogP contribution in [0.2, 0.25) is 0 Å². The zero-order valence-electron chi connectivity index (χ0n) is 17.9. The van der Waals surface area contributed by atoms with Crippen LogP contribution < -0.4 is 9.47 Å². The van der Waals surface area contributed by atoms with Gasteiger partial charge in [-0.25, -0.2) is 4.68 Å². The van der Waals surface area contributed by atoms with Crippen molar-refractivity contribution in [3.05, 3.63) is 72.1 Å². The Kier molecular flexibility index (Phi) is 6.52. The van der Waals surface area contributed by atoms with Crippen LogP contribution in [0, 0.1) is 0 Å². The van der Waals surface area contributed by atoms with Gasteiger partial charge in [0.15, 0.2) is 11.4 Å². The lowest BCUT2D eigenvalue weighted by molar-refractivity contribution is 0.0498. The zero-order valence-corrected chi connectivity index (χ0v) is 17.9. The number of benzene rings is 2. The summed E-state index contributed by atoms with van der Waals surface area (Å²) in [5.41, 5.74) is 2.06. The fourth-order valence-electron chi connectivity index (χ4n) is 3.81. The molecule has 0 radical (unpaired) electrons. The second-order valence-corrected chi connectivity index (χ2v) is 7.46. The number of methoxy groups -OCH3 is 2. The van der Waals surface area contributed by atoms with Crippen molar-refractivity contribution in [2.45, 2.75) is 25.5 Å². The minimum Gasteiger partial charge on any atom is -0.496 e. The number of rotatable bonds is 8. The summed E-state index contributed by atoms with van der Waals surface area (Å²) in [5.74, 6) is 0.980. The largest absolute Gasteiger partial charge is 0.496 e. The Morgan fingerprint density at radius 2 is 1.84 bits per heavy atom. The predicted molar refractivity (Wildman–Crippen MR) is 117 cm³/mol. The topological polar surface area (TPSA) is 65.8 Å². The van der Waals surface area contributed by atoms with Crippen LogP contribution >= 0.6 is 0 Å². The molecule has 0 saturated carbocycles. The van der Waals surface area contributed by atoms with Crippen molar-refractivity contribution in [3.63, 3.8) is 0 Å². The molecule has 31 heavy (non-hydrogen) atoms. The molecule has 7 nitrogen and oxygen atoms in total. The molecular formula is C24H27N3O4. The van der Waals surface area contributed by atoms with E-state index in [1.165, 1.54) is 0 Å². The molecule has 1 aromatic heterocycles. The number of carbonyl (C=O) groups excluding carboxylic acids is 1. The molecule has 4 rings (SSSR count). The van der Waals surface area contributed by atoms with Crippen LogP contribution in [0.4, 0.5) is 0 Å². The minimum atomic E-state index is -0.201. The normalized spacial score (nSPS) is 15.6. The Bertz CT molecular complexity index is 1010. The molecule has 0 aliphatic carbocycles. The minimum absolute atomic E-state index is 0.0147. The summed E-state index contributed by atoms with van der Waals surface area (Å²) in [6.45, 7) is 1.61. The average Bonchev–Trinajstić information content (AvgIpc) is 3.49. The molecule has 1 unspecified atom stereocenters. The lowest BCUT2D eigenvalue weighted by atomic mass is 10.1. The van der Waals surface area contributed by atoms with E-state index in [9.17, 15) is 4.79 Å². The van der Waals surface area contributed by atoms with E-state index in [0.717, 1.165) is 36.4 Å². The first-order valence-corrected chi connectivity index (χ1v) is 10.4. The molecule has 0 spiro atoms. The molecule has 2 aromatic carbocycles. The predicted octanol–water partition coefficient (Wildman–Crippen LogP) is 3.71. The highest BCUT2D eigenvalue weighted by atomic mass is 16.5. The first kappa shape index (κ1) is 20.9. The Morgan fingerprint density at radius 3 is 2.55 bits per heavy atom. The van der Waals surface area contributed by atoms with Gasteiger partial charge in [-0.15, -0.1) is 0 Å². The molecule has 7 heteroatoms. The lowest BCUT2D eigenvalue weighted by Crippen LogP contribution is -2.37. The molecule has 1 atom stereocenters. The molecule has 1 aliphatic rings. The number of aromatic nitrogens is 2. The van der Waals surface area contributed by atoms with Gasteiger partial charge in [0.25, 0.3) is 5.91 Å². The second-order valence-electron chi connectivity index (χ2n) is 7.46. The third kappa shape index (κ3) is 4.72. The van der Waals surface area contributed by atoms with Gasteiger partial charge in [0.2, 0.25) is 0 Å². The van der Waals surface area contributed by atoms with Gasteiger partial charge in [0, 0.05) is 25.3 Å². The molecule has 1 saturated heterocycles. The van der Waals surface area contributed by atoms with Gasteiger partial charge in [-0.05, 0) is 31.0 Å². The number of hydrogen-bond donors (Lipinski definition) is 0. The van der Waals surface area contributed by atoms with Gasteiger partial charge in [0.05, 0.1) is 32.2 Å². The number of amides is 1. The summed E-state index contributed by atoms with van der Waals surface area (Å²) in [7, 11) is 3.18. The highest BCUT2D eigenvalue weighted by molar-refractivity contribution is 5.95. The Balaban J connectivity index is 1.65. The molecule has 1 aliphatic heterocycles. The summed E-state index contributed by atoms with van der Waals surface area (Å²) in [5, 5.41) is 4.56. The molecule has 162 valence electrons.